The van der Waals surface area contributed by atoms with Crippen LogP contribution in [0.2, 0.25) is 0 Å². The number of hydrogen-bond acceptors (Lipinski definition) is 3. The molecule has 0 spiro atoms. The number of carbonyl (C=O) groups is 1. The van der Waals surface area contributed by atoms with Crippen molar-refractivity contribution in [2.75, 3.05) is 13.2 Å². The highest BCUT2D eigenvalue weighted by molar-refractivity contribution is 5.88. The molecule has 0 aromatic carbocycles. The van der Waals surface area contributed by atoms with Gasteiger partial charge < -0.3 is 15.7 Å². The molecule has 3 N–H and O–H groups in total. The Bertz CT molecular complexity index is 193. The summed E-state index contributed by atoms with van der Waals surface area (Å²) in [4.78, 5) is 13.2. The maximum atomic E-state index is 11.5. The van der Waals surface area contributed by atoms with Gasteiger partial charge in [0.05, 0.1) is 6.61 Å². The molecule has 1 aliphatic rings. The highest BCUT2D eigenvalue weighted by Gasteiger charge is 2.43. The van der Waals surface area contributed by atoms with E-state index < -0.39 is 5.54 Å². The summed E-state index contributed by atoms with van der Waals surface area (Å²) in [5, 5.41) is 8.92. The zero-order chi connectivity index (χ0) is 9.35. The van der Waals surface area contributed by atoms with Gasteiger partial charge in [-0.25, -0.2) is 0 Å². The summed E-state index contributed by atoms with van der Waals surface area (Å²) in [5.74, 6) is -0.125. The SMILES string of the molecule is CC(C)N1CCC(N)(CO)C1=O. The summed E-state index contributed by atoms with van der Waals surface area (Å²) in [6, 6.07) is 0.175. The first-order valence-electron chi connectivity index (χ1n) is 4.22. The first-order valence-corrected chi connectivity index (χ1v) is 4.22. The largest absolute Gasteiger partial charge is 0.394 e. The van der Waals surface area contributed by atoms with Crippen molar-refractivity contribution < 1.29 is 9.90 Å². The van der Waals surface area contributed by atoms with Gasteiger partial charge in [0.15, 0.2) is 0 Å². The molecule has 1 unspecified atom stereocenters. The maximum absolute atomic E-state index is 11.5. The molecule has 1 heterocycles. The van der Waals surface area contributed by atoms with Gasteiger partial charge in [-0.05, 0) is 20.3 Å². The minimum atomic E-state index is -1.01. The van der Waals surface area contributed by atoms with Crippen molar-refractivity contribution in [1.82, 2.24) is 4.90 Å². The Balaban J connectivity index is 2.74. The number of nitrogens with zero attached hydrogens (tertiary/aromatic N) is 1. The number of rotatable bonds is 2. The van der Waals surface area contributed by atoms with E-state index in [0.29, 0.717) is 13.0 Å². The minimum Gasteiger partial charge on any atom is -0.394 e. The summed E-state index contributed by atoms with van der Waals surface area (Å²) in [5.41, 5.74) is 4.68. The van der Waals surface area contributed by atoms with Gasteiger partial charge in [0.25, 0.3) is 0 Å². The van der Waals surface area contributed by atoms with Crippen LogP contribution in [0.1, 0.15) is 20.3 Å². The second-order valence-corrected chi connectivity index (χ2v) is 3.66. The summed E-state index contributed by atoms with van der Waals surface area (Å²) in [6.07, 6.45) is 0.556. The van der Waals surface area contributed by atoms with E-state index in [4.69, 9.17) is 10.8 Å². The van der Waals surface area contributed by atoms with E-state index in [1.165, 1.54) is 0 Å². The zero-order valence-electron chi connectivity index (χ0n) is 7.58. The van der Waals surface area contributed by atoms with Gasteiger partial charge in [-0.3, -0.25) is 4.79 Å². The van der Waals surface area contributed by atoms with Crippen molar-refractivity contribution in [1.29, 1.82) is 0 Å². The first-order chi connectivity index (χ1) is 5.51. The van der Waals surface area contributed by atoms with Crippen LogP contribution in [0.25, 0.3) is 0 Å². The van der Waals surface area contributed by atoms with E-state index in [0.717, 1.165) is 0 Å². The molecule has 0 radical (unpaired) electrons. The number of aliphatic hydroxyl groups excluding tert-OH is 1. The van der Waals surface area contributed by atoms with Crippen LogP contribution in [0.5, 0.6) is 0 Å². The number of likely N-dealkylation sites (tertiary alicyclic amines) is 1. The molecule has 0 aromatic heterocycles. The van der Waals surface area contributed by atoms with E-state index in [-0.39, 0.29) is 18.6 Å². The van der Waals surface area contributed by atoms with Crippen molar-refractivity contribution in [3.63, 3.8) is 0 Å². The molecular weight excluding hydrogens is 156 g/mol. The summed E-state index contributed by atoms with van der Waals surface area (Å²) < 4.78 is 0. The predicted molar refractivity (Wildman–Crippen MR) is 45.5 cm³/mol. The molecule has 1 fully saturated rings. The Kier molecular flexibility index (Phi) is 2.39. The van der Waals surface area contributed by atoms with Gasteiger partial charge in [-0.15, -0.1) is 0 Å². The fraction of sp³-hybridized carbons (Fsp3) is 0.875. The number of nitrogens with two attached hydrogens (primary N) is 1. The highest BCUT2D eigenvalue weighted by Crippen LogP contribution is 2.21. The lowest BCUT2D eigenvalue weighted by Gasteiger charge is -2.24. The molecule has 4 heteroatoms. The van der Waals surface area contributed by atoms with Crippen LogP contribution >= 0.6 is 0 Å². The smallest absolute Gasteiger partial charge is 0.245 e. The van der Waals surface area contributed by atoms with E-state index in [1.54, 1.807) is 4.90 Å². The quantitative estimate of drug-likeness (QED) is 0.580. The summed E-state index contributed by atoms with van der Waals surface area (Å²) >= 11 is 0. The van der Waals surface area contributed by atoms with Crippen molar-refractivity contribution in [3.8, 4) is 0 Å². The lowest BCUT2D eigenvalue weighted by Crippen LogP contribution is -2.51. The predicted octanol–water partition coefficient (Wildman–Crippen LogP) is -0.683. The van der Waals surface area contributed by atoms with Crippen molar-refractivity contribution in [2.24, 2.45) is 5.73 Å². The van der Waals surface area contributed by atoms with E-state index in [9.17, 15) is 4.79 Å². The summed E-state index contributed by atoms with van der Waals surface area (Å²) in [7, 11) is 0. The van der Waals surface area contributed by atoms with Crippen LogP contribution in [0, 0.1) is 0 Å². The molecule has 1 saturated heterocycles. The Labute approximate surface area is 72.3 Å². The second-order valence-electron chi connectivity index (χ2n) is 3.66. The standard InChI is InChI=1S/C8H16N2O2/c1-6(2)10-4-3-8(9,5-11)7(10)12/h6,11H,3-5,9H2,1-2H3. The van der Waals surface area contributed by atoms with Crippen LogP contribution in [-0.4, -0.2) is 40.6 Å². The first kappa shape index (κ1) is 9.48. The molecule has 1 rings (SSSR count). The molecule has 4 nitrogen and oxygen atoms in total. The fourth-order valence-corrected chi connectivity index (χ4v) is 1.45. The molecule has 1 aliphatic heterocycles. The van der Waals surface area contributed by atoms with Crippen LogP contribution < -0.4 is 5.73 Å². The van der Waals surface area contributed by atoms with Gasteiger partial charge in [0.2, 0.25) is 5.91 Å². The molecule has 0 aliphatic carbocycles. The highest BCUT2D eigenvalue weighted by atomic mass is 16.3. The second kappa shape index (κ2) is 3.03. The van der Waals surface area contributed by atoms with E-state index in [2.05, 4.69) is 0 Å². The average Bonchev–Trinajstić information content (AvgIpc) is 2.30. The molecule has 0 saturated carbocycles. The van der Waals surface area contributed by atoms with Gasteiger partial charge in [0.1, 0.15) is 5.54 Å². The van der Waals surface area contributed by atoms with Gasteiger partial charge in [-0.1, -0.05) is 0 Å². The minimum absolute atomic E-state index is 0.125. The Morgan fingerprint density at radius 3 is 2.58 bits per heavy atom. The molecule has 0 bridgehead atoms. The zero-order valence-corrected chi connectivity index (χ0v) is 7.58. The molecular formula is C8H16N2O2. The number of amides is 1. The van der Waals surface area contributed by atoms with Gasteiger partial charge in [-0.2, -0.15) is 0 Å². The third-order valence-corrected chi connectivity index (χ3v) is 2.39. The van der Waals surface area contributed by atoms with Crippen LogP contribution in [0.3, 0.4) is 0 Å². The van der Waals surface area contributed by atoms with Crippen LogP contribution in [0.4, 0.5) is 0 Å². The third-order valence-electron chi connectivity index (χ3n) is 2.39. The molecule has 70 valence electrons. The number of aliphatic hydroxyl groups is 1. The Morgan fingerprint density at radius 2 is 2.33 bits per heavy atom. The number of hydrogen-bond donors (Lipinski definition) is 2. The maximum Gasteiger partial charge on any atom is 0.245 e. The monoisotopic (exact) mass is 172 g/mol. The van der Waals surface area contributed by atoms with Crippen LogP contribution in [-0.2, 0) is 4.79 Å². The van der Waals surface area contributed by atoms with Crippen molar-refractivity contribution in [2.45, 2.75) is 31.8 Å². The normalized spacial score (nSPS) is 30.4. The van der Waals surface area contributed by atoms with E-state index in [1.807, 2.05) is 13.8 Å². The molecule has 1 atom stereocenters. The Hall–Kier alpha value is -0.610. The van der Waals surface area contributed by atoms with Crippen molar-refractivity contribution in [3.05, 3.63) is 0 Å². The third kappa shape index (κ3) is 1.32. The van der Waals surface area contributed by atoms with E-state index >= 15 is 0 Å². The van der Waals surface area contributed by atoms with Crippen LogP contribution in [0.15, 0.2) is 0 Å². The molecule has 1 amide bonds. The average molecular weight is 172 g/mol. The lowest BCUT2D eigenvalue weighted by molar-refractivity contribution is -0.134. The summed E-state index contributed by atoms with van der Waals surface area (Å²) in [6.45, 7) is 4.30. The Morgan fingerprint density at radius 1 is 1.75 bits per heavy atom. The molecule has 0 aromatic rings. The van der Waals surface area contributed by atoms with Gasteiger partial charge in [0, 0.05) is 12.6 Å². The van der Waals surface area contributed by atoms with Crippen molar-refractivity contribution >= 4 is 5.91 Å². The molecule has 12 heavy (non-hydrogen) atoms. The van der Waals surface area contributed by atoms with Gasteiger partial charge >= 0.3 is 0 Å². The number of carbonyl (C=O) groups excluding carboxylic acids is 1. The topological polar surface area (TPSA) is 66.6 Å². The lowest BCUT2D eigenvalue weighted by atomic mass is 10.0. The fourth-order valence-electron chi connectivity index (χ4n) is 1.45.